The number of aromatic nitrogens is 4. The van der Waals surface area contributed by atoms with Crippen LogP contribution in [-0.4, -0.2) is 37.8 Å². The third-order valence-corrected chi connectivity index (χ3v) is 6.57. The maximum atomic E-state index is 12.1. The van der Waals surface area contributed by atoms with Gasteiger partial charge < -0.3 is 24.9 Å². The van der Waals surface area contributed by atoms with E-state index in [0.717, 1.165) is 24.0 Å². The van der Waals surface area contributed by atoms with Gasteiger partial charge in [0.2, 0.25) is 11.8 Å². The van der Waals surface area contributed by atoms with Crippen LogP contribution in [0.4, 0.5) is 17.5 Å². The number of esters is 1. The normalized spacial score (nSPS) is 16.7. The molecular formula is C27H26N6O4. The van der Waals surface area contributed by atoms with Crippen LogP contribution in [0.15, 0.2) is 59.1 Å². The van der Waals surface area contributed by atoms with Gasteiger partial charge in [0.15, 0.2) is 0 Å². The van der Waals surface area contributed by atoms with Crippen LogP contribution in [0, 0.1) is 0 Å². The number of aliphatic hydroxyl groups excluding tert-OH is 1. The Morgan fingerprint density at radius 3 is 2.68 bits per heavy atom. The summed E-state index contributed by atoms with van der Waals surface area (Å²) in [5, 5.41) is 25.1. The second kappa shape index (κ2) is 8.97. The van der Waals surface area contributed by atoms with E-state index in [1.165, 1.54) is 0 Å². The Morgan fingerprint density at radius 2 is 1.92 bits per heavy atom. The number of rotatable bonds is 8. The second-order valence-corrected chi connectivity index (χ2v) is 9.75. The minimum absolute atomic E-state index is 0.151. The van der Waals surface area contributed by atoms with E-state index < -0.39 is 11.6 Å². The number of hydrogen-bond acceptors (Lipinski definition) is 10. The van der Waals surface area contributed by atoms with Crippen LogP contribution in [0.2, 0.25) is 0 Å². The molecule has 3 N–H and O–H groups in total. The molecule has 1 saturated carbocycles. The first kappa shape index (κ1) is 23.1. The Hall–Kier alpha value is -4.31. The molecule has 0 radical (unpaired) electrons. The largest absolute Gasteiger partial charge is 0.451 e. The van der Waals surface area contributed by atoms with E-state index in [-0.39, 0.29) is 12.6 Å². The summed E-state index contributed by atoms with van der Waals surface area (Å²) in [6.07, 6.45) is 3.70. The van der Waals surface area contributed by atoms with Crippen molar-refractivity contribution >= 4 is 23.4 Å². The van der Waals surface area contributed by atoms with Crippen molar-refractivity contribution in [1.82, 2.24) is 20.2 Å². The molecule has 0 unspecified atom stereocenters. The van der Waals surface area contributed by atoms with Crippen molar-refractivity contribution in [2.45, 2.75) is 44.2 Å². The smallest absolute Gasteiger partial charge is 0.339 e. The number of nitrogens with one attached hydrogen (secondary N) is 2. The summed E-state index contributed by atoms with van der Waals surface area (Å²) in [5.41, 5.74) is 2.76. The van der Waals surface area contributed by atoms with Gasteiger partial charge in [0.05, 0.1) is 23.8 Å². The molecule has 1 atom stereocenters. The highest BCUT2D eigenvalue weighted by molar-refractivity contribution is 5.95. The van der Waals surface area contributed by atoms with Crippen LogP contribution in [0.1, 0.15) is 66.0 Å². The summed E-state index contributed by atoms with van der Waals surface area (Å²) < 4.78 is 11.4. The molecule has 0 saturated heterocycles. The van der Waals surface area contributed by atoms with Gasteiger partial charge in [0, 0.05) is 23.4 Å². The first-order valence-electron chi connectivity index (χ1n) is 12.2. The molecule has 2 aromatic heterocycles. The number of hydrogen-bond donors (Lipinski definition) is 3. The van der Waals surface area contributed by atoms with E-state index in [9.17, 15) is 9.90 Å². The van der Waals surface area contributed by atoms with Crippen molar-refractivity contribution in [3.05, 3.63) is 77.3 Å². The first-order chi connectivity index (χ1) is 17.9. The third kappa shape index (κ3) is 4.51. The monoisotopic (exact) mass is 498 g/mol. The van der Waals surface area contributed by atoms with Gasteiger partial charge in [-0.05, 0) is 50.5 Å². The number of benzene rings is 2. The van der Waals surface area contributed by atoms with E-state index in [1.807, 2.05) is 50.2 Å². The van der Waals surface area contributed by atoms with E-state index in [4.69, 9.17) is 14.1 Å². The molecule has 188 valence electrons. The number of ether oxygens (including phenoxy) is 1. The highest BCUT2D eigenvalue weighted by Gasteiger charge is 2.37. The number of carbonyl (C=O) groups is 1. The molecule has 37 heavy (non-hydrogen) atoms. The first-order valence-corrected chi connectivity index (χ1v) is 12.2. The van der Waals surface area contributed by atoms with Crippen LogP contribution in [0.25, 0.3) is 11.5 Å². The Balaban J connectivity index is 1.35. The predicted molar refractivity (Wildman–Crippen MR) is 135 cm³/mol. The van der Waals surface area contributed by atoms with Gasteiger partial charge in [-0.2, -0.15) is 4.98 Å². The molecule has 1 fully saturated rings. The lowest BCUT2D eigenvalue weighted by Gasteiger charge is -2.20. The lowest BCUT2D eigenvalue weighted by Crippen LogP contribution is -2.17. The summed E-state index contributed by atoms with van der Waals surface area (Å²) in [6, 6.07) is 14.6. The van der Waals surface area contributed by atoms with Crippen LogP contribution < -0.4 is 10.6 Å². The maximum Gasteiger partial charge on any atom is 0.339 e. The van der Waals surface area contributed by atoms with Crippen molar-refractivity contribution in [3.8, 4) is 11.5 Å². The van der Waals surface area contributed by atoms with Gasteiger partial charge >= 0.3 is 5.97 Å². The molecule has 0 spiro atoms. The van der Waals surface area contributed by atoms with Gasteiger partial charge in [-0.25, -0.2) is 9.78 Å². The number of aliphatic hydroxyl groups is 1. The Bertz CT molecular complexity index is 1470. The highest BCUT2D eigenvalue weighted by atomic mass is 16.6. The fourth-order valence-corrected chi connectivity index (χ4v) is 4.40. The van der Waals surface area contributed by atoms with Crippen molar-refractivity contribution in [1.29, 1.82) is 0 Å². The summed E-state index contributed by atoms with van der Waals surface area (Å²) in [5.74, 6) is 1.67. The molecule has 6 rings (SSSR count). The van der Waals surface area contributed by atoms with Crippen molar-refractivity contribution in [2.24, 2.45) is 0 Å². The average molecular weight is 499 g/mol. The SMILES string of the molecule is CC1(C)OC(=O)c2ccc(Nc3ncc(-c4nnc(C5CC5)o4)c(N[C@H](CO)c4ccccc4)n3)cc21. The highest BCUT2D eigenvalue weighted by Crippen LogP contribution is 2.41. The number of fused-ring (bicyclic) bond motifs is 1. The van der Waals surface area contributed by atoms with E-state index in [1.54, 1.807) is 18.3 Å². The topological polar surface area (TPSA) is 135 Å². The summed E-state index contributed by atoms with van der Waals surface area (Å²) >= 11 is 0. The minimum Gasteiger partial charge on any atom is -0.451 e. The van der Waals surface area contributed by atoms with Gasteiger partial charge in [0.1, 0.15) is 11.4 Å². The average Bonchev–Trinajstić information content (AvgIpc) is 3.58. The zero-order chi connectivity index (χ0) is 25.6. The Morgan fingerprint density at radius 1 is 1.11 bits per heavy atom. The molecule has 0 bridgehead atoms. The standard InChI is InChI=1S/C27H26N6O4/c1-27(2)20-12-17(10-11-18(20)25(35)37-27)29-26-28-13-19(24-33-32-23(36-24)16-8-9-16)22(31-26)30-21(14-34)15-6-4-3-5-7-15/h3-7,10-13,16,21,34H,8-9,14H2,1-2H3,(H2,28,29,30,31)/t21-/m1/s1. The lowest BCUT2D eigenvalue weighted by molar-refractivity contribution is 0.00954. The number of carbonyl (C=O) groups excluding carboxylic acids is 1. The molecule has 2 aromatic carbocycles. The van der Waals surface area contributed by atoms with Gasteiger partial charge in [-0.1, -0.05) is 30.3 Å². The predicted octanol–water partition coefficient (Wildman–Crippen LogP) is 4.70. The van der Waals surface area contributed by atoms with Crippen molar-refractivity contribution in [2.75, 3.05) is 17.2 Å². The molecule has 3 heterocycles. The van der Waals surface area contributed by atoms with Crippen LogP contribution in [0.3, 0.4) is 0 Å². The zero-order valence-electron chi connectivity index (χ0n) is 20.4. The van der Waals surface area contributed by atoms with Gasteiger partial charge in [-0.3, -0.25) is 0 Å². The fraction of sp³-hybridized carbons (Fsp3) is 0.296. The molecule has 10 nitrogen and oxygen atoms in total. The molecule has 4 aromatic rings. The number of cyclic esters (lactones) is 1. The quantitative estimate of drug-likeness (QED) is 0.293. The third-order valence-electron chi connectivity index (χ3n) is 6.57. The summed E-state index contributed by atoms with van der Waals surface area (Å²) in [6.45, 7) is 3.56. The fourth-order valence-electron chi connectivity index (χ4n) is 4.40. The maximum absolute atomic E-state index is 12.1. The lowest BCUT2D eigenvalue weighted by atomic mass is 9.95. The van der Waals surface area contributed by atoms with Crippen LogP contribution >= 0.6 is 0 Å². The zero-order valence-corrected chi connectivity index (χ0v) is 20.4. The Kier molecular flexibility index (Phi) is 5.60. The summed E-state index contributed by atoms with van der Waals surface area (Å²) in [7, 11) is 0. The van der Waals surface area contributed by atoms with E-state index in [2.05, 4.69) is 25.8 Å². The number of nitrogens with zero attached hydrogens (tertiary/aromatic N) is 4. The van der Waals surface area contributed by atoms with E-state index >= 15 is 0 Å². The van der Waals surface area contributed by atoms with Crippen molar-refractivity contribution < 1.29 is 19.1 Å². The van der Waals surface area contributed by atoms with Gasteiger partial charge in [0.25, 0.3) is 5.89 Å². The van der Waals surface area contributed by atoms with Gasteiger partial charge in [-0.15, -0.1) is 10.2 Å². The van der Waals surface area contributed by atoms with Crippen molar-refractivity contribution in [3.63, 3.8) is 0 Å². The molecule has 2 aliphatic rings. The molecule has 10 heteroatoms. The Labute approximate surface area is 213 Å². The molecule has 1 aliphatic carbocycles. The van der Waals surface area contributed by atoms with Crippen LogP contribution in [0.5, 0.6) is 0 Å². The minimum atomic E-state index is -0.719. The second-order valence-electron chi connectivity index (χ2n) is 9.75. The van der Waals surface area contributed by atoms with Crippen LogP contribution in [-0.2, 0) is 10.3 Å². The summed E-state index contributed by atoms with van der Waals surface area (Å²) in [4.78, 5) is 21.3. The number of anilines is 3. The van der Waals surface area contributed by atoms with E-state index in [0.29, 0.717) is 46.3 Å². The molecule has 1 aliphatic heterocycles. The molecular weight excluding hydrogens is 472 g/mol. The molecule has 0 amide bonds.